The Morgan fingerprint density at radius 3 is 2.48 bits per heavy atom. The first-order valence-corrected chi connectivity index (χ1v) is 5.74. The molecule has 21 heavy (non-hydrogen) atoms. The highest BCUT2D eigenvalue weighted by Crippen LogP contribution is 2.33. The molecule has 112 valence electrons. The molecule has 0 bridgehead atoms. The number of carbonyl (C=O) groups is 1. The average molecular weight is 323 g/mol. The standard InChI is InChI=1S/C11H6ClF3N2O4/c12-5-1-4(11(13,14)15)2-6-8(5)17(3-7(18)19)10(21)9(20)16-6/h1-2H,3H2,(H,16,20)(H,18,19). The summed E-state index contributed by atoms with van der Waals surface area (Å²) in [6.07, 6.45) is -4.71. The second-order valence-electron chi connectivity index (χ2n) is 4.09. The molecule has 0 aliphatic rings. The van der Waals surface area contributed by atoms with Crippen molar-refractivity contribution >= 4 is 28.6 Å². The average Bonchev–Trinajstić information content (AvgIpc) is 2.32. The second kappa shape index (κ2) is 4.92. The van der Waals surface area contributed by atoms with E-state index in [4.69, 9.17) is 16.7 Å². The number of alkyl halides is 3. The normalized spacial score (nSPS) is 11.8. The molecule has 0 unspecified atom stereocenters. The van der Waals surface area contributed by atoms with Crippen molar-refractivity contribution in [3.63, 3.8) is 0 Å². The molecule has 0 atom stereocenters. The van der Waals surface area contributed by atoms with Gasteiger partial charge in [-0.25, -0.2) is 0 Å². The van der Waals surface area contributed by atoms with E-state index in [1.807, 2.05) is 4.98 Å². The molecule has 0 amide bonds. The smallest absolute Gasteiger partial charge is 0.416 e. The van der Waals surface area contributed by atoms with Gasteiger partial charge in [-0.1, -0.05) is 11.6 Å². The van der Waals surface area contributed by atoms with Gasteiger partial charge in [-0.15, -0.1) is 0 Å². The lowest BCUT2D eigenvalue weighted by molar-refractivity contribution is -0.138. The maximum atomic E-state index is 12.7. The number of rotatable bonds is 2. The highest BCUT2D eigenvalue weighted by atomic mass is 35.5. The van der Waals surface area contributed by atoms with Crippen molar-refractivity contribution in [3.8, 4) is 0 Å². The molecule has 10 heteroatoms. The zero-order chi connectivity index (χ0) is 15.9. The minimum Gasteiger partial charge on any atom is -0.480 e. The first-order chi connectivity index (χ1) is 9.61. The summed E-state index contributed by atoms with van der Waals surface area (Å²) in [6, 6.07) is 1.14. The van der Waals surface area contributed by atoms with Gasteiger partial charge in [0.2, 0.25) is 0 Å². The Morgan fingerprint density at radius 2 is 1.95 bits per heavy atom. The van der Waals surface area contributed by atoms with Gasteiger partial charge in [0, 0.05) is 0 Å². The van der Waals surface area contributed by atoms with Gasteiger partial charge < -0.3 is 10.1 Å². The highest BCUT2D eigenvalue weighted by Gasteiger charge is 2.32. The van der Waals surface area contributed by atoms with Crippen molar-refractivity contribution < 1.29 is 23.1 Å². The van der Waals surface area contributed by atoms with E-state index in [-0.39, 0.29) is 11.0 Å². The Morgan fingerprint density at radius 1 is 1.33 bits per heavy atom. The van der Waals surface area contributed by atoms with E-state index in [0.29, 0.717) is 16.7 Å². The van der Waals surface area contributed by atoms with Crippen LogP contribution in [0, 0.1) is 0 Å². The van der Waals surface area contributed by atoms with E-state index in [1.54, 1.807) is 0 Å². The van der Waals surface area contributed by atoms with Crippen LogP contribution >= 0.6 is 11.6 Å². The molecule has 0 aliphatic carbocycles. The number of carboxylic acid groups (broad SMARTS) is 1. The Labute approximate surface area is 118 Å². The number of aliphatic carboxylic acids is 1. The summed E-state index contributed by atoms with van der Waals surface area (Å²) in [5, 5.41) is 8.23. The molecule has 0 spiro atoms. The topological polar surface area (TPSA) is 92.2 Å². The SMILES string of the molecule is O=C(O)Cn1c(=O)c(=O)[nH]c2cc(C(F)(F)F)cc(Cl)c21. The first-order valence-electron chi connectivity index (χ1n) is 5.36. The predicted octanol–water partition coefficient (Wildman–Crippen LogP) is 1.45. The van der Waals surface area contributed by atoms with Gasteiger partial charge >= 0.3 is 23.3 Å². The summed E-state index contributed by atoms with van der Waals surface area (Å²) >= 11 is 5.71. The van der Waals surface area contributed by atoms with Gasteiger partial charge in [-0.05, 0) is 12.1 Å². The third kappa shape index (κ3) is 2.77. The molecule has 2 aromatic rings. The lowest BCUT2D eigenvalue weighted by atomic mass is 10.2. The summed E-state index contributed by atoms with van der Waals surface area (Å²) in [6.45, 7) is -0.898. The number of hydrogen-bond donors (Lipinski definition) is 2. The molecule has 0 aliphatic heterocycles. The molecule has 2 N–H and O–H groups in total. The van der Waals surface area contributed by atoms with Crippen LogP contribution in [0.4, 0.5) is 13.2 Å². The Hall–Kier alpha value is -2.29. The van der Waals surface area contributed by atoms with Crippen LogP contribution in [-0.4, -0.2) is 20.6 Å². The van der Waals surface area contributed by atoms with Crippen molar-refractivity contribution in [2.24, 2.45) is 0 Å². The fourth-order valence-corrected chi connectivity index (χ4v) is 2.14. The van der Waals surface area contributed by atoms with Gasteiger partial charge in [0.1, 0.15) is 6.54 Å². The fraction of sp³-hybridized carbons (Fsp3) is 0.182. The largest absolute Gasteiger partial charge is 0.480 e. The van der Waals surface area contributed by atoms with Gasteiger partial charge in [-0.3, -0.25) is 19.0 Å². The number of benzene rings is 1. The molecule has 0 fully saturated rings. The molecule has 2 rings (SSSR count). The monoisotopic (exact) mass is 322 g/mol. The summed E-state index contributed by atoms with van der Waals surface area (Å²) in [5.74, 6) is -1.44. The predicted molar refractivity (Wildman–Crippen MR) is 66.5 cm³/mol. The van der Waals surface area contributed by atoms with Crippen molar-refractivity contribution in [3.05, 3.63) is 43.4 Å². The highest BCUT2D eigenvalue weighted by molar-refractivity contribution is 6.35. The van der Waals surface area contributed by atoms with Crippen LogP contribution in [0.2, 0.25) is 5.02 Å². The lowest BCUT2D eigenvalue weighted by Crippen LogP contribution is -2.38. The van der Waals surface area contributed by atoms with Gasteiger partial charge in [0.15, 0.2) is 0 Å². The summed E-state index contributed by atoms with van der Waals surface area (Å²) in [4.78, 5) is 35.7. The second-order valence-corrected chi connectivity index (χ2v) is 4.50. The van der Waals surface area contributed by atoms with Crippen LogP contribution in [0.1, 0.15) is 5.56 Å². The third-order valence-electron chi connectivity index (χ3n) is 2.64. The lowest BCUT2D eigenvalue weighted by Gasteiger charge is -2.12. The van der Waals surface area contributed by atoms with Crippen LogP contribution < -0.4 is 11.1 Å². The molecule has 0 saturated heterocycles. The van der Waals surface area contributed by atoms with Crippen LogP contribution in [0.25, 0.3) is 11.0 Å². The van der Waals surface area contributed by atoms with Gasteiger partial charge in [-0.2, -0.15) is 13.2 Å². The van der Waals surface area contributed by atoms with Crippen molar-refractivity contribution in [1.29, 1.82) is 0 Å². The quantitative estimate of drug-likeness (QED) is 0.818. The van der Waals surface area contributed by atoms with E-state index >= 15 is 0 Å². The van der Waals surface area contributed by atoms with E-state index in [9.17, 15) is 27.6 Å². The number of nitrogens with zero attached hydrogens (tertiary/aromatic N) is 1. The van der Waals surface area contributed by atoms with E-state index < -0.39 is 40.4 Å². The number of nitrogens with one attached hydrogen (secondary N) is 1. The molecule has 0 saturated carbocycles. The third-order valence-corrected chi connectivity index (χ3v) is 2.93. The molecule has 6 nitrogen and oxygen atoms in total. The Bertz CT molecular complexity index is 853. The minimum absolute atomic E-state index is 0.281. The maximum Gasteiger partial charge on any atom is 0.416 e. The molecular formula is C11H6ClF3N2O4. The molecule has 0 radical (unpaired) electrons. The molecule has 1 heterocycles. The Kier molecular flexibility index (Phi) is 3.54. The summed E-state index contributed by atoms with van der Waals surface area (Å²) in [5.41, 5.74) is -4.24. The van der Waals surface area contributed by atoms with Gasteiger partial charge in [0.25, 0.3) is 0 Å². The first kappa shape index (κ1) is 15.1. The number of aromatic amines is 1. The zero-order valence-corrected chi connectivity index (χ0v) is 10.7. The van der Waals surface area contributed by atoms with E-state index in [1.165, 1.54) is 0 Å². The minimum atomic E-state index is -4.71. The van der Waals surface area contributed by atoms with Crippen molar-refractivity contribution in [2.45, 2.75) is 12.7 Å². The fourth-order valence-electron chi connectivity index (χ4n) is 1.82. The van der Waals surface area contributed by atoms with Gasteiger partial charge in [0.05, 0.1) is 21.6 Å². The molecular weight excluding hydrogens is 317 g/mol. The number of hydrogen-bond acceptors (Lipinski definition) is 3. The van der Waals surface area contributed by atoms with Crippen LogP contribution in [0.3, 0.4) is 0 Å². The summed E-state index contributed by atoms with van der Waals surface area (Å²) in [7, 11) is 0. The van der Waals surface area contributed by atoms with Crippen LogP contribution in [0.5, 0.6) is 0 Å². The van der Waals surface area contributed by atoms with E-state index in [2.05, 4.69) is 0 Å². The molecule has 1 aromatic heterocycles. The molecule has 1 aromatic carbocycles. The summed E-state index contributed by atoms with van der Waals surface area (Å²) < 4.78 is 38.5. The van der Waals surface area contributed by atoms with Crippen molar-refractivity contribution in [2.75, 3.05) is 0 Å². The number of carboxylic acids is 1. The van der Waals surface area contributed by atoms with E-state index in [0.717, 1.165) is 0 Å². The number of fused-ring (bicyclic) bond motifs is 1. The number of halogens is 4. The Balaban J connectivity index is 2.92. The maximum absolute atomic E-state index is 12.7. The number of H-pyrrole nitrogens is 1. The van der Waals surface area contributed by atoms with Crippen LogP contribution in [0.15, 0.2) is 21.7 Å². The van der Waals surface area contributed by atoms with Crippen LogP contribution in [-0.2, 0) is 17.5 Å². The zero-order valence-electron chi connectivity index (χ0n) is 9.99. The number of aromatic nitrogens is 2. The van der Waals surface area contributed by atoms with Crippen molar-refractivity contribution in [1.82, 2.24) is 9.55 Å².